The summed E-state index contributed by atoms with van der Waals surface area (Å²) < 4.78 is 24.8. The van der Waals surface area contributed by atoms with Crippen LogP contribution in [0.5, 0.6) is 0 Å². The van der Waals surface area contributed by atoms with Crippen molar-refractivity contribution in [3.8, 4) is 0 Å². The number of halogens is 1. The van der Waals surface area contributed by atoms with E-state index in [4.69, 9.17) is 9.47 Å². The van der Waals surface area contributed by atoms with Gasteiger partial charge in [0.05, 0.1) is 0 Å². The highest BCUT2D eigenvalue weighted by atomic mass is 19.1. The minimum atomic E-state index is -0.196. The summed E-state index contributed by atoms with van der Waals surface area (Å²) in [6, 6.07) is 4.94. The van der Waals surface area contributed by atoms with E-state index in [-0.39, 0.29) is 12.1 Å². The Balaban J connectivity index is 1.77. The van der Waals surface area contributed by atoms with Gasteiger partial charge in [-0.3, -0.25) is 4.90 Å². The summed E-state index contributed by atoms with van der Waals surface area (Å²) in [5, 5.41) is 0.990. The number of H-pyrrole nitrogens is 1. The summed E-state index contributed by atoms with van der Waals surface area (Å²) in [7, 11) is 0. The van der Waals surface area contributed by atoms with Crippen LogP contribution in [0.2, 0.25) is 0 Å². The lowest BCUT2D eigenvalue weighted by atomic mass is 10.0. The number of ether oxygens (including phenoxy) is 2. The third kappa shape index (κ3) is 3.16. The molecule has 0 saturated heterocycles. The topological polar surface area (TPSA) is 37.5 Å². The molecule has 1 aliphatic rings. The molecular formula is C17H23FN2O2. The summed E-state index contributed by atoms with van der Waals surface area (Å²) in [6.07, 6.45) is 0.745. The van der Waals surface area contributed by atoms with Crippen LogP contribution in [0.4, 0.5) is 4.39 Å². The molecule has 0 saturated carbocycles. The van der Waals surface area contributed by atoms with E-state index in [0.29, 0.717) is 13.2 Å². The van der Waals surface area contributed by atoms with E-state index < -0.39 is 0 Å². The highest BCUT2D eigenvalue weighted by Crippen LogP contribution is 2.28. The minimum Gasteiger partial charge on any atom is -0.358 e. The van der Waals surface area contributed by atoms with Crippen molar-refractivity contribution in [1.29, 1.82) is 0 Å². The number of hydrogen-bond donors (Lipinski definition) is 1. The van der Waals surface area contributed by atoms with E-state index in [2.05, 4.69) is 9.88 Å². The second-order valence-electron chi connectivity index (χ2n) is 5.60. The summed E-state index contributed by atoms with van der Waals surface area (Å²) in [5.41, 5.74) is 3.44. The molecular weight excluding hydrogens is 283 g/mol. The van der Waals surface area contributed by atoms with Crippen LogP contribution < -0.4 is 0 Å². The van der Waals surface area contributed by atoms with Crippen LogP contribution in [0.3, 0.4) is 0 Å². The first-order chi connectivity index (χ1) is 10.7. The summed E-state index contributed by atoms with van der Waals surface area (Å²) in [6.45, 7) is 7.73. The molecule has 1 N–H and O–H groups in total. The Kier molecular flexibility index (Phi) is 4.76. The second kappa shape index (κ2) is 6.77. The molecule has 1 aliphatic heterocycles. The van der Waals surface area contributed by atoms with Gasteiger partial charge >= 0.3 is 0 Å². The molecule has 1 aromatic heterocycles. The van der Waals surface area contributed by atoms with Gasteiger partial charge in [-0.05, 0) is 37.6 Å². The fourth-order valence-corrected chi connectivity index (χ4v) is 3.13. The standard InChI is InChI=1S/C17H23FN2O2/c1-3-21-17(22-4-2)11-20-8-7-16-14(10-20)13-9-12(18)5-6-15(13)19-16/h5-6,9,17,19H,3-4,7-8,10-11H2,1-2H3. The average Bonchev–Trinajstić information content (AvgIpc) is 2.85. The number of hydrogen-bond acceptors (Lipinski definition) is 3. The molecule has 0 atom stereocenters. The molecule has 0 unspecified atom stereocenters. The predicted molar refractivity (Wildman–Crippen MR) is 84.3 cm³/mol. The molecule has 0 amide bonds. The van der Waals surface area contributed by atoms with Crippen molar-refractivity contribution in [2.24, 2.45) is 0 Å². The lowest BCUT2D eigenvalue weighted by molar-refractivity contribution is -0.148. The Labute approximate surface area is 130 Å². The summed E-state index contributed by atoms with van der Waals surface area (Å²) >= 11 is 0. The van der Waals surface area contributed by atoms with Gasteiger partial charge in [0.15, 0.2) is 6.29 Å². The highest BCUT2D eigenvalue weighted by Gasteiger charge is 2.23. The fraction of sp³-hybridized carbons (Fsp3) is 0.529. The van der Waals surface area contributed by atoms with Crippen molar-refractivity contribution in [2.75, 3.05) is 26.3 Å². The fourth-order valence-electron chi connectivity index (χ4n) is 3.13. The van der Waals surface area contributed by atoms with Gasteiger partial charge < -0.3 is 14.5 Å². The average molecular weight is 306 g/mol. The van der Waals surface area contributed by atoms with Crippen LogP contribution in [0.25, 0.3) is 10.9 Å². The van der Waals surface area contributed by atoms with Crippen LogP contribution in [0.1, 0.15) is 25.1 Å². The number of aromatic nitrogens is 1. The molecule has 0 bridgehead atoms. The van der Waals surface area contributed by atoms with Gasteiger partial charge in [-0.15, -0.1) is 0 Å². The number of rotatable bonds is 6. The maximum absolute atomic E-state index is 13.5. The van der Waals surface area contributed by atoms with E-state index in [1.165, 1.54) is 17.3 Å². The van der Waals surface area contributed by atoms with Crippen molar-refractivity contribution in [1.82, 2.24) is 9.88 Å². The normalized spacial score (nSPS) is 15.6. The molecule has 0 fully saturated rings. The maximum Gasteiger partial charge on any atom is 0.170 e. The molecule has 4 nitrogen and oxygen atoms in total. The van der Waals surface area contributed by atoms with Gasteiger partial charge in [0.25, 0.3) is 0 Å². The Morgan fingerprint density at radius 2 is 2.05 bits per heavy atom. The van der Waals surface area contributed by atoms with Gasteiger partial charge in [-0.1, -0.05) is 0 Å². The lowest BCUT2D eigenvalue weighted by Crippen LogP contribution is -2.38. The maximum atomic E-state index is 13.5. The molecule has 5 heteroatoms. The van der Waals surface area contributed by atoms with Crippen molar-refractivity contribution >= 4 is 10.9 Å². The first kappa shape index (κ1) is 15.5. The zero-order valence-electron chi connectivity index (χ0n) is 13.2. The van der Waals surface area contributed by atoms with Crippen molar-refractivity contribution < 1.29 is 13.9 Å². The van der Waals surface area contributed by atoms with E-state index >= 15 is 0 Å². The molecule has 0 radical (unpaired) electrons. The molecule has 2 heterocycles. The van der Waals surface area contributed by atoms with Gasteiger partial charge in [0, 0.05) is 55.9 Å². The molecule has 2 aromatic rings. The first-order valence-corrected chi connectivity index (χ1v) is 7.95. The van der Waals surface area contributed by atoms with Crippen molar-refractivity contribution in [3.05, 3.63) is 35.3 Å². The minimum absolute atomic E-state index is 0.187. The number of benzene rings is 1. The van der Waals surface area contributed by atoms with Gasteiger partial charge in [-0.2, -0.15) is 0 Å². The first-order valence-electron chi connectivity index (χ1n) is 7.95. The van der Waals surface area contributed by atoms with Gasteiger partial charge in [-0.25, -0.2) is 4.39 Å². The van der Waals surface area contributed by atoms with Crippen molar-refractivity contribution in [3.63, 3.8) is 0 Å². The molecule has 1 aromatic carbocycles. The SMILES string of the molecule is CCOC(CN1CCc2[nH]c3ccc(F)cc3c2C1)OCC. The predicted octanol–water partition coefficient (Wildman–Crippen LogP) is 3.06. The van der Waals surface area contributed by atoms with Crippen LogP contribution in [-0.2, 0) is 22.4 Å². The zero-order chi connectivity index (χ0) is 15.5. The third-order valence-corrected chi connectivity index (χ3v) is 4.13. The third-order valence-electron chi connectivity index (χ3n) is 4.13. The monoisotopic (exact) mass is 306 g/mol. The molecule has 3 rings (SSSR count). The quantitative estimate of drug-likeness (QED) is 0.834. The van der Waals surface area contributed by atoms with Crippen LogP contribution in [-0.4, -0.2) is 42.5 Å². The van der Waals surface area contributed by atoms with E-state index in [0.717, 1.165) is 37.0 Å². The molecule has 0 aliphatic carbocycles. The van der Waals surface area contributed by atoms with E-state index in [1.807, 2.05) is 19.9 Å². The Hall–Kier alpha value is -1.43. The number of fused-ring (bicyclic) bond motifs is 3. The van der Waals surface area contributed by atoms with Gasteiger partial charge in [0.2, 0.25) is 0 Å². The second-order valence-corrected chi connectivity index (χ2v) is 5.60. The number of nitrogens with one attached hydrogen (secondary N) is 1. The Morgan fingerprint density at radius 3 is 2.77 bits per heavy atom. The Morgan fingerprint density at radius 1 is 1.27 bits per heavy atom. The highest BCUT2D eigenvalue weighted by molar-refractivity contribution is 5.84. The van der Waals surface area contributed by atoms with Crippen LogP contribution in [0.15, 0.2) is 18.2 Å². The molecule has 120 valence electrons. The number of nitrogens with zero attached hydrogens (tertiary/aromatic N) is 1. The summed E-state index contributed by atoms with van der Waals surface area (Å²) in [4.78, 5) is 5.73. The summed E-state index contributed by atoms with van der Waals surface area (Å²) in [5.74, 6) is -0.187. The van der Waals surface area contributed by atoms with E-state index in [9.17, 15) is 4.39 Å². The van der Waals surface area contributed by atoms with Crippen LogP contribution >= 0.6 is 0 Å². The van der Waals surface area contributed by atoms with E-state index in [1.54, 1.807) is 6.07 Å². The number of aromatic amines is 1. The molecule has 0 spiro atoms. The Bertz CT molecular complexity index is 635. The zero-order valence-corrected chi connectivity index (χ0v) is 13.2. The van der Waals surface area contributed by atoms with Gasteiger partial charge in [0.1, 0.15) is 5.82 Å². The molecule has 22 heavy (non-hydrogen) atoms. The largest absolute Gasteiger partial charge is 0.358 e. The van der Waals surface area contributed by atoms with Crippen LogP contribution in [0, 0.1) is 5.82 Å². The smallest absolute Gasteiger partial charge is 0.170 e. The lowest BCUT2D eigenvalue weighted by Gasteiger charge is -2.30. The van der Waals surface area contributed by atoms with Crippen molar-refractivity contribution in [2.45, 2.75) is 33.1 Å².